The lowest BCUT2D eigenvalue weighted by Gasteiger charge is -2.18. The average molecular weight is 1170 g/mol. The van der Waals surface area contributed by atoms with Crippen LogP contribution in [0.15, 0.2) is 24.3 Å². The first-order valence-electron chi connectivity index (χ1n) is 37.8. The predicted molar refractivity (Wildman–Crippen MR) is 363 cm³/mol. The van der Waals surface area contributed by atoms with E-state index in [1.165, 1.54) is 315 Å². The second-order valence-corrected chi connectivity index (χ2v) is 25.9. The topological polar surface area (TPSA) is 78.9 Å². The second-order valence-electron chi connectivity index (χ2n) is 25.9. The van der Waals surface area contributed by atoms with Crippen LogP contribution in [0, 0.1) is 0 Å². The molecule has 0 rings (SSSR count). The zero-order chi connectivity index (χ0) is 59.9. The Labute approximate surface area is 519 Å². The summed E-state index contributed by atoms with van der Waals surface area (Å²) in [5.74, 6) is -0.848. The molecule has 0 radical (unpaired) electrons. The smallest absolute Gasteiger partial charge is 0.306 e. The minimum Gasteiger partial charge on any atom is -0.462 e. The van der Waals surface area contributed by atoms with Crippen molar-refractivity contribution in [1.29, 1.82) is 0 Å². The molecule has 0 aliphatic heterocycles. The monoisotopic (exact) mass is 1170 g/mol. The number of esters is 3. The third-order valence-corrected chi connectivity index (χ3v) is 17.5. The fraction of sp³-hybridized carbons (Fsp3) is 0.909. The molecular formula is C77H146O6. The number of hydrogen-bond acceptors (Lipinski definition) is 6. The van der Waals surface area contributed by atoms with Crippen LogP contribution in [0.3, 0.4) is 0 Å². The zero-order valence-corrected chi connectivity index (χ0v) is 56.5. The van der Waals surface area contributed by atoms with Gasteiger partial charge in [0.15, 0.2) is 6.10 Å². The van der Waals surface area contributed by atoms with Crippen molar-refractivity contribution in [3.8, 4) is 0 Å². The van der Waals surface area contributed by atoms with Crippen molar-refractivity contribution in [2.75, 3.05) is 13.2 Å². The first-order valence-corrected chi connectivity index (χ1v) is 37.8. The van der Waals surface area contributed by atoms with E-state index >= 15 is 0 Å². The molecule has 0 aromatic rings. The lowest BCUT2D eigenvalue weighted by molar-refractivity contribution is -0.167. The van der Waals surface area contributed by atoms with Crippen LogP contribution in [-0.2, 0) is 28.6 Å². The van der Waals surface area contributed by atoms with Crippen LogP contribution in [0.25, 0.3) is 0 Å². The maximum absolute atomic E-state index is 13.0. The minimum absolute atomic E-state index is 0.0691. The third kappa shape index (κ3) is 70.5. The van der Waals surface area contributed by atoms with E-state index < -0.39 is 6.10 Å². The Hall–Kier alpha value is -2.11. The van der Waals surface area contributed by atoms with Crippen LogP contribution >= 0.6 is 0 Å². The summed E-state index contributed by atoms with van der Waals surface area (Å²) in [7, 11) is 0. The van der Waals surface area contributed by atoms with Crippen LogP contribution in [0.4, 0.5) is 0 Å². The van der Waals surface area contributed by atoms with Gasteiger partial charge in [0.2, 0.25) is 0 Å². The van der Waals surface area contributed by atoms with Crippen molar-refractivity contribution < 1.29 is 28.6 Å². The Kier molecular flexibility index (Phi) is 70.5. The molecule has 0 heterocycles. The molecule has 6 nitrogen and oxygen atoms in total. The second kappa shape index (κ2) is 72.4. The molecule has 0 saturated carbocycles. The Balaban J connectivity index is 4.18. The molecule has 0 aliphatic rings. The van der Waals surface area contributed by atoms with Gasteiger partial charge in [0.05, 0.1) is 0 Å². The van der Waals surface area contributed by atoms with Crippen molar-refractivity contribution in [1.82, 2.24) is 0 Å². The van der Waals surface area contributed by atoms with Gasteiger partial charge >= 0.3 is 17.9 Å². The summed E-state index contributed by atoms with van der Waals surface area (Å²) in [4.78, 5) is 38.5. The molecule has 0 fully saturated rings. The van der Waals surface area contributed by atoms with E-state index in [9.17, 15) is 14.4 Å². The van der Waals surface area contributed by atoms with Crippen molar-refractivity contribution in [3.05, 3.63) is 24.3 Å². The number of carbonyl (C=O) groups is 3. The summed E-state index contributed by atoms with van der Waals surface area (Å²) in [5, 5.41) is 0. The summed E-state index contributed by atoms with van der Waals surface area (Å²) in [6.45, 7) is 6.68. The summed E-state index contributed by atoms with van der Waals surface area (Å²) in [6, 6.07) is 0. The van der Waals surface area contributed by atoms with Gasteiger partial charge in [0.25, 0.3) is 0 Å². The largest absolute Gasteiger partial charge is 0.462 e. The maximum Gasteiger partial charge on any atom is 0.306 e. The number of ether oxygens (including phenoxy) is 3. The van der Waals surface area contributed by atoms with Crippen LogP contribution in [0.2, 0.25) is 0 Å². The van der Waals surface area contributed by atoms with Gasteiger partial charge in [-0.15, -0.1) is 0 Å². The number of unbranched alkanes of at least 4 members (excludes halogenated alkanes) is 56. The highest BCUT2D eigenvalue weighted by Crippen LogP contribution is 2.20. The fourth-order valence-electron chi connectivity index (χ4n) is 11.8. The summed E-state index contributed by atoms with van der Waals surface area (Å²) < 4.78 is 17.0. The first-order chi connectivity index (χ1) is 41.0. The van der Waals surface area contributed by atoms with E-state index in [2.05, 4.69) is 45.1 Å². The van der Waals surface area contributed by atoms with Crippen molar-refractivity contribution in [2.24, 2.45) is 0 Å². The SMILES string of the molecule is CCCC/C=C\C/C=C\CCCCCCCC(=O)OCC(COC(=O)CCCCCCCCCCCCCCCCCCCCCCCCCCCCCCC)OC(=O)CCCCCCCCCCCCCCCCCCCCCCCC. The molecule has 0 amide bonds. The third-order valence-electron chi connectivity index (χ3n) is 17.5. The minimum atomic E-state index is -0.774. The predicted octanol–water partition coefficient (Wildman–Crippen LogP) is 26.1. The molecule has 0 aliphatic carbocycles. The molecule has 0 spiro atoms. The van der Waals surface area contributed by atoms with Crippen molar-refractivity contribution >= 4 is 17.9 Å². The zero-order valence-electron chi connectivity index (χ0n) is 56.5. The molecule has 6 heteroatoms. The number of allylic oxidation sites excluding steroid dienone is 4. The molecule has 1 unspecified atom stereocenters. The number of rotatable bonds is 71. The molecule has 0 bridgehead atoms. The Morgan fingerprint density at radius 3 is 0.699 bits per heavy atom. The molecule has 1 atom stereocenters. The van der Waals surface area contributed by atoms with E-state index in [0.717, 1.165) is 77.0 Å². The van der Waals surface area contributed by atoms with Gasteiger partial charge in [0.1, 0.15) is 13.2 Å². The quantitative estimate of drug-likeness (QED) is 0.0261. The van der Waals surface area contributed by atoms with Crippen LogP contribution in [0.1, 0.15) is 432 Å². The van der Waals surface area contributed by atoms with Gasteiger partial charge in [-0.2, -0.15) is 0 Å². The molecular weight excluding hydrogens is 1020 g/mol. The van der Waals surface area contributed by atoms with Crippen LogP contribution < -0.4 is 0 Å². The fourth-order valence-corrected chi connectivity index (χ4v) is 11.8. The highest BCUT2D eigenvalue weighted by Gasteiger charge is 2.20. The number of hydrogen-bond donors (Lipinski definition) is 0. The van der Waals surface area contributed by atoms with E-state index in [4.69, 9.17) is 14.2 Å². The standard InChI is InChI=1S/C77H146O6/c1-4-7-10-13-16-19-22-25-28-30-32-34-36-37-38-39-40-41-42-44-45-47-49-52-55-58-61-64-67-70-76(79)82-73-74(72-81-75(78)69-66-63-60-57-54-51-27-24-21-18-15-12-9-6-3)83-77(80)71-68-65-62-59-56-53-50-48-46-43-35-33-31-29-26-23-20-17-14-11-8-5-2/h15,18,24,27,74H,4-14,16-17,19-23,25-26,28-73H2,1-3H3/b18-15-,27-24-. The lowest BCUT2D eigenvalue weighted by Crippen LogP contribution is -2.30. The number of carbonyl (C=O) groups excluding carboxylic acids is 3. The van der Waals surface area contributed by atoms with Gasteiger partial charge in [-0.1, -0.05) is 392 Å². The molecule has 0 aromatic heterocycles. The summed E-state index contributed by atoms with van der Waals surface area (Å²) in [5.41, 5.74) is 0. The Morgan fingerprint density at radius 1 is 0.241 bits per heavy atom. The van der Waals surface area contributed by atoms with E-state index in [0.29, 0.717) is 19.3 Å². The highest BCUT2D eigenvalue weighted by molar-refractivity contribution is 5.71. The molecule has 0 saturated heterocycles. The van der Waals surface area contributed by atoms with E-state index in [1.54, 1.807) is 0 Å². The van der Waals surface area contributed by atoms with Crippen LogP contribution in [0.5, 0.6) is 0 Å². The average Bonchev–Trinajstić information content (AvgIpc) is 3.49. The molecule has 0 N–H and O–H groups in total. The van der Waals surface area contributed by atoms with Crippen molar-refractivity contribution in [2.45, 2.75) is 438 Å². The summed E-state index contributed by atoms with van der Waals surface area (Å²) >= 11 is 0. The van der Waals surface area contributed by atoms with Gasteiger partial charge in [-0.3, -0.25) is 14.4 Å². The van der Waals surface area contributed by atoms with Gasteiger partial charge < -0.3 is 14.2 Å². The Bertz CT molecular complexity index is 1340. The maximum atomic E-state index is 13.0. The van der Waals surface area contributed by atoms with Gasteiger partial charge in [-0.25, -0.2) is 0 Å². The first kappa shape index (κ1) is 80.9. The van der Waals surface area contributed by atoms with Crippen LogP contribution in [-0.4, -0.2) is 37.2 Å². The van der Waals surface area contributed by atoms with Gasteiger partial charge in [-0.05, 0) is 44.9 Å². The van der Waals surface area contributed by atoms with E-state index in [-0.39, 0.29) is 31.1 Å². The molecule has 83 heavy (non-hydrogen) atoms. The summed E-state index contributed by atoms with van der Waals surface area (Å²) in [6.07, 6.45) is 89.5. The van der Waals surface area contributed by atoms with E-state index in [1.807, 2.05) is 0 Å². The normalized spacial score (nSPS) is 12.1. The molecule has 490 valence electrons. The molecule has 0 aromatic carbocycles. The highest BCUT2D eigenvalue weighted by atomic mass is 16.6. The Morgan fingerprint density at radius 2 is 0.446 bits per heavy atom. The van der Waals surface area contributed by atoms with Gasteiger partial charge in [0, 0.05) is 19.3 Å². The van der Waals surface area contributed by atoms with Crippen molar-refractivity contribution in [3.63, 3.8) is 0 Å². The lowest BCUT2D eigenvalue weighted by atomic mass is 10.0.